The molecule has 202 valence electrons. The van der Waals surface area contributed by atoms with Crippen LogP contribution in [0.15, 0.2) is 47.3 Å². The molecule has 38 heavy (non-hydrogen) atoms. The van der Waals surface area contributed by atoms with E-state index in [0.29, 0.717) is 28.9 Å². The Morgan fingerprint density at radius 2 is 1.76 bits per heavy atom. The van der Waals surface area contributed by atoms with Crippen LogP contribution in [0.5, 0.6) is 5.75 Å². The van der Waals surface area contributed by atoms with Gasteiger partial charge in [-0.3, -0.25) is 9.48 Å². The Hall–Kier alpha value is -3.37. The average molecular weight is 541 g/mol. The highest BCUT2D eigenvalue weighted by atomic mass is 28.4. The molecule has 7 nitrogen and oxygen atoms in total. The van der Waals surface area contributed by atoms with E-state index in [1.165, 1.54) is 22.9 Å². The number of aromatic amines is 1. The van der Waals surface area contributed by atoms with Crippen LogP contribution in [-0.4, -0.2) is 34.7 Å². The van der Waals surface area contributed by atoms with E-state index in [1.54, 1.807) is 13.0 Å². The van der Waals surface area contributed by atoms with Crippen molar-refractivity contribution in [3.63, 3.8) is 0 Å². The van der Waals surface area contributed by atoms with Crippen molar-refractivity contribution < 1.29 is 17.9 Å². The summed E-state index contributed by atoms with van der Waals surface area (Å²) in [4.78, 5) is 20.2. The maximum atomic E-state index is 14.8. The lowest BCUT2D eigenvalue weighted by atomic mass is 10.1. The van der Waals surface area contributed by atoms with E-state index >= 15 is 0 Å². The molecular formula is C28H34F2N4O3Si. The van der Waals surface area contributed by atoms with E-state index in [4.69, 9.17) is 14.1 Å². The van der Waals surface area contributed by atoms with Crippen molar-refractivity contribution in [3.05, 3.63) is 75.7 Å². The van der Waals surface area contributed by atoms with E-state index in [2.05, 4.69) is 43.9 Å². The summed E-state index contributed by atoms with van der Waals surface area (Å²) in [7, 11) is -2.12. The minimum Gasteiger partial charge on any atom is -0.494 e. The number of rotatable bonds is 8. The molecule has 0 unspecified atom stereocenters. The number of halogens is 2. The second-order valence-electron chi connectivity index (χ2n) is 10.9. The fraction of sp³-hybridized carbons (Fsp3) is 0.393. The molecule has 1 N–H and O–H groups in total. The van der Waals surface area contributed by atoms with E-state index in [-0.39, 0.29) is 34.3 Å². The molecule has 1 atom stereocenters. The van der Waals surface area contributed by atoms with Crippen molar-refractivity contribution in [1.29, 1.82) is 0 Å². The fourth-order valence-electron chi connectivity index (χ4n) is 4.03. The van der Waals surface area contributed by atoms with Crippen LogP contribution < -0.4 is 10.3 Å². The molecule has 0 spiro atoms. The number of para-hydroxylation sites is 1. The average Bonchev–Trinajstić information content (AvgIpc) is 3.19. The van der Waals surface area contributed by atoms with Crippen molar-refractivity contribution in [1.82, 2.24) is 19.7 Å². The molecule has 0 aliphatic rings. The van der Waals surface area contributed by atoms with Crippen LogP contribution in [0, 0.1) is 11.6 Å². The first kappa shape index (κ1) is 27.7. The summed E-state index contributed by atoms with van der Waals surface area (Å²) in [5.74, 6) is -1.05. The molecule has 4 aromatic rings. The Labute approximate surface area is 222 Å². The van der Waals surface area contributed by atoms with Crippen LogP contribution in [0.4, 0.5) is 8.78 Å². The number of benzene rings is 2. The lowest BCUT2D eigenvalue weighted by Gasteiger charge is -2.38. The molecular weight excluding hydrogens is 506 g/mol. The third-order valence-corrected chi connectivity index (χ3v) is 11.6. The summed E-state index contributed by atoms with van der Waals surface area (Å²) < 4.78 is 42.9. The van der Waals surface area contributed by atoms with Crippen LogP contribution >= 0.6 is 0 Å². The molecule has 0 amide bonds. The number of hydrogen-bond donors (Lipinski definition) is 1. The topological polar surface area (TPSA) is 82.0 Å². The minimum atomic E-state index is -2.12. The van der Waals surface area contributed by atoms with Gasteiger partial charge in [0.2, 0.25) is 0 Å². The zero-order valence-corrected chi connectivity index (χ0v) is 23.9. The molecule has 0 saturated carbocycles. The van der Waals surface area contributed by atoms with Crippen molar-refractivity contribution in [3.8, 4) is 17.3 Å². The van der Waals surface area contributed by atoms with Gasteiger partial charge in [0.05, 0.1) is 30.5 Å². The lowest BCUT2D eigenvalue weighted by Crippen LogP contribution is -2.41. The zero-order chi connectivity index (χ0) is 27.8. The zero-order valence-electron chi connectivity index (χ0n) is 22.9. The summed E-state index contributed by atoms with van der Waals surface area (Å²) in [6.45, 7) is 14.5. The van der Waals surface area contributed by atoms with Gasteiger partial charge in [0, 0.05) is 29.1 Å². The van der Waals surface area contributed by atoms with Crippen molar-refractivity contribution in [2.24, 2.45) is 0 Å². The van der Waals surface area contributed by atoms with Gasteiger partial charge in [-0.25, -0.2) is 13.8 Å². The third kappa shape index (κ3) is 5.56. The van der Waals surface area contributed by atoms with E-state index in [0.717, 1.165) is 0 Å². The first-order valence-electron chi connectivity index (χ1n) is 12.7. The number of nitrogens with zero attached hydrogens (tertiary/aromatic N) is 3. The molecule has 4 rings (SSSR count). The minimum absolute atomic E-state index is 0.00825. The quantitative estimate of drug-likeness (QED) is 0.255. The summed E-state index contributed by atoms with van der Waals surface area (Å²) in [5, 5.41) is 5.32. The van der Waals surface area contributed by atoms with E-state index in [9.17, 15) is 13.6 Å². The second-order valence-corrected chi connectivity index (χ2v) is 15.6. The van der Waals surface area contributed by atoms with Gasteiger partial charge in [-0.1, -0.05) is 39.0 Å². The molecule has 0 fully saturated rings. The Morgan fingerprint density at radius 3 is 2.39 bits per heavy atom. The van der Waals surface area contributed by atoms with E-state index in [1.807, 2.05) is 25.1 Å². The van der Waals surface area contributed by atoms with Gasteiger partial charge in [-0.05, 0) is 38.0 Å². The predicted molar refractivity (Wildman–Crippen MR) is 147 cm³/mol. The van der Waals surface area contributed by atoms with Gasteiger partial charge >= 0.3 is 0 Å². The molecule has 0 aliphatic carbocycles. The Morgan fingerprint density at radius 1 is 1.11 bits per heavy atom. The smallest absolute Gasteiger partial charge is 0.251 e. The standard InChI is InChI=1S/C28H34F2N4O3Si/c1-8-36-18-13-21(29)20(22(30)14-18)16-34-24-12-10-9-11-19(24)26(33-34)27-31-23(15-25(35)32-27)17(2)37-38(6,7)28(3,4)5/h9-15,17H,8,16H2,1-7H3,(H,31,32,35)/t17-/m0/s1. The second kappa shape index (κ2) is 10.4. The fourth-order valence-corrected chi connectivity index (χ4v) is 5.39. The molecule has 2 aromatic carbocycles. The number of aromatic nitrogens is 4. The largest absolute Gasteiger partial charge is 0.494 e. The van der Waals surface area contributed by atoms with Crippen LogP contribution in [0.1, 0.15) is 52.0 Å². The van der Waals surface area contributed by atoms with Gasteiger partial charge in [-0.2, -0.15) is 5.10 Å². The maximum Gasteiger partial charge on any atom is 0.251 e. The Balaban J connectivity index is 1.75. The van der Waals surface area contributed by atoms with Crippen LogP contribution in [0.2, 0.25) is 18.1 Å². The Bertz CT molecular complexity index is 1500. The lowest BCUT2D eigenvalue weighted by molar-refractivity contribution is 0.198. The van der Waals surface area contributed by atoms with Gasteiger partial charge in [0.25, 0.3) is 5.56 Å². The highest BCUT2D eigenvalue weighted by molar-refractivity contribution is 6.74. The number of hydrogen-bond acceptors (Lipinski definition) is 5. The highest BCUT2D eigenvalue weighted by Gasteiger charge is 2.39. The van der Waals surface area contributed by atoms with Crippen molar-refractivity contribution in [2.75, 3.05) is 6.61 Å². The van der Waals surface area contributed by atoms with Crippen LogP contribution in [0.25, 0.3) is 22.4 Å². The number of nitrogens with one attached hydrogen (secondary N) is 1. The van der Waals surface area contributed by atoms with Crippen LogP contribution in [0.3, 0.4) is 0 Å². The number of H-pyrrole nitrogens is 1. The summed E-state index contributed by atoms with van der Waals surface area (Å²) in [5.41, 5.74) is 1.08. The molecule has 0 bridgehead atoms. The van der Waals surface area contributed by atoms with Crippen molar-refractivity contribution >= 4 is 19.2 Å². The molecule has 0 saturated heterocycles. The number of ether oxygens (including phenoxy) is 1. The first-order valence-corrected chi connectivity index (χ1v) is 15.6. The van der Waals surface area contributed by atoms with E-state index < -0.39 is 26.1 Å². The van der Waals surface area contributed by atoms with Crippen LogP contribution in [-0.2, 0) is 11.0 Å². The molecule has 0 radical (unpaired) electrons. The predicted octanol–water partition coefficient (Wildman–Crippen LogP) is 6.59. The van der Waals surface area contributed by atoms with Gasteiger partial charge < -0.3 is 14.1 Å². The number of fused-ring (bicyclic) bond motifs is 1. The maximum absolute atomic E-state index is 14.8. The summed E-state index contributed by atoms with van der Waals surface area (Å²) >= 11 is 0. The SMILES string of the molecule is CCOc1cc(F)c(Cn2nc(-c3nc([C@H](C)O[Si](C)(C)C(C)(C)C)cc(=O)[nH]3)c3ccccc32)c(F)c1. The van der Waals surface area contributed by atoms with Gasteiger partial charge in [0.15, 0.2) is 14.1 Å². The highest BCUT2D eigenvalue weighted by Crippen LogP contribution is 2.39. The van der Waals surface area contributed by atoms with Crippen molar-refractivity contribution in [2.45, 2.75) is 65.4 Å². The molecule has 10 heteroatoms. The summed E-state index contributed by atoms with van der Waals surface area (Å²) in [6, 6.07) is 11.1. The summed E-state index contributed by atoms with van der Waals surface area (Å²) in [6.07, 6.45) is -0.405. The van der Waals surface area contributed by atoms with Gasteiger partial charge in [0.1, 0.15) is 23.1 Å². The molecule has 0 aliphatic heterocycles. The first-order chi connectivity index (χ1) is 17.8. The Kier molecular flexibility index (Phi) is 7.58. The molecule has 2 aromatic heterocycles. The normalized spacial score (nSPS) is 13.2. The molecule has 2 heterocycles. The third-order valence-electron chi connectivity index (χ3n) is 7.07. The van der Waals surface area contributed by atoms with Gasteiger partial charge in [-0.15, -0.1) is 0 Å². The monoisotopic (exact) mass is 540 g/mol.